The fourth-order valence-corrected chi connectivity index (χ4v) is 0.739. The summed E-state index contributed by atoms with van der Waals surface area (Å²) in [4.78, 5) is 20.7. The number of rotatable bonds is 4. The minimum absolute atomic E-state index is 0.287. The number of amides is 2. The van der Waals surface area contributed by atoms with E-state index in [-0.39, 0.29) is 6.41 Å². The molecule has 64 valence electrons. The maximum absolute atomic E-state index is 10.9. The van der Waals surface area contributed by atoms with Gasteiger partial charge in [0.15, 0.2) is 0 Å². The molecule has 0 aliphatic heterocycles. The molecule has 2 amide bonds. The molecule has 0 fully saturated rings. The van der Waals surface area contributed by atoms with Gasteiger partial charge in [0.2, 0.25) is 12.3 Å². The zero-order valence-corrected chi connectivity index (χ0v) is 6.50. The predicted octanol–water partition coefficient (Wildman–Crippen LogP) is -1.77. The Hall–Kier alpha value is -0.940. The van der Waals surface area contributed by atoms with Crippen LogP contribution in [0.1, 0.15) is 6.92 Å². The lowest BCUT2D eigenvalue weighted by Crippen LogP contribution is -2.48. The topological polar surface area (TPSA) is 78.4 Å². The first-order valence-electron chi connectivity index (χ1n) is 3.22. The average Bonchev–Trinajstić information content (AvgIpc) is 1.88. The van der Waals surface area contributed by atoms with Gasteiger partial charge < -0.3 is 10.4 Å². The van der Waals surface area contributed by atoms with Crippen LogP contribution in [0, 0.1) is 0 Å². The van der Waals surface area contributed by atoms with Crippen molar-refractivity contribution in [3.63, 3.8) is 0 Å². The first-order valence-corrected chi connectivity index (χ1v) is 3.22. The largest absolute Gasteiger partial charge is 0.391 e. The quantitative estimate of drug-likeness (QED) is 0.425. The minimum atomic E-state index is -0.819. The Morgan fingerprint density at radius 1 is 1.64 bits per heavy atom. The highest BCUT2D eigenvalue weighted by Gasteiger charge is 2.20. The van der Waals surface area contributed by atoms with Crippen molar-refractivity contribution < 1.29 is 14.7 Å². The first-order chi connectivity index (χ1) is 5.13. The molecule has 2 unspecified atom stereocenters. The van der Waals surface area contributed by atoms with Crippen molar-refractivity contribution in [1.82, 2.24) is 10.6 Å². The van der Waals surface area contributed by atoms with Crippen LogP contribution >= 0.6 is 0 Å². The maximum atomic E-state index is 10.9. The lowest BCUT2D eigenvalue weighted by Gasteiger charge is -2.15. The van der Waals surface area contributed by atoms with Gasteiger partial charge in [-0.2, -0.15) is 0 Å². The fourth-order valence-electron chi connectivity index (χ4n) is 0.739. The highest BCUT2D eigenvalue weighted by Crippen LogP contribution is 1.90. The molecule has 0 aliphatic rings. The van der Waals surface area contributed by atoms with E-state index >= 15 is 0 Å². The monoisotopic (exact) mass is 160 g/mol. The number of hydrogen-bond donors (Lipinski definition) is 3. The molecule has 0 aromatic carbocycles. The smallest absolute Gasteiger partial charge is 0.246 e. The van der Waals surface area contributed by atoms with Gasteiger partial charge >= 0.3 is 0 Å². The molecule has 0 bridgehead atoms. The van der Waals surface area contributed by atoms with Gasteiger partial charge in [0.1, 0.15) is 6.04 Å². The maximum Gasteiger partial charge on any atom is 0.246 e. The molecular weight excluding hydrogens is 148 g/mol. The van der Waals surface area contributed by atoms with E-state index in [4.69, 9.17) is 5.11 Å². The molecule has 0 radical (unpaired) electrons. The molecule has 0 aromatic rings. The molecule has 0 rings (SSSR count). The molecular formula is C6H12N2O3. The molecule has 0 aliphatic carbocycles. The van der Waals surface area contributed by atoms with Gasteiger partial charge in [-0.05, 0) is 14.0 Å². The van der Waals surface area contributed by atoms with Gasteiger partial charge in [-0.1, -0.05) is 0 Å². The molecule has 0 heterocycles. The van der Waals surface area contributed by atoms with E-state index < -0.39 is 18.1 Å². The van der Waals surface area contributed by atoms with E-state index in [0.29, 0.717) is 0 Å². The highest BCUT2D eigenvalue weighted by atomic mass is 16.3. The van der Waals surface area contributed by atoms with Crippen molar-refractivity contribution in [2.24, 2.45) is 0 Å². The van der Waals surface area contributed by atoms with Crippen molar-refractivity contribution in [1.29, 1.82) is 0 Å². The number of carbonyl (C=O) groups excluding carboxylic acids is 2. The summed E-state index contributed by atoms with van der Waals surface area (Å²) < 4.78 is 0. The van der Waals surface area contributed by atoms with Crippen molar-refractivity contribution in [3.05, 3.63) is 0 Å². The van der Waals surface area contributed by atoms with E-state index in [2.05, 4.69) is 5.32 Å². The Kier molecular flexibility index (Phi) is 4.40. The Morgan fingerprint density at radius 3 is 2.45 bits per heavy atom. The van der Waals surface area contributed by atoms with Crippen molar-refractivity contribution in [2.75, 3.05) is 7.05 Å². The summed E-state index contributed by atoms with van der Waals surface area (Å²) >= 11 is 0. The van der Waals surface area contributed by atoms with E-state index in [0.717, 1.165) is 0 Å². The second-order valence-electron chi connectivity index (χ2n) is 2.13. The summed E-state index contributed by atoms with van der Waals surface area (Å²) in [6, 6.07) is -0.736. The predicted molar refractivity (Wildman–Crippen MR) is 38.7 cm³/mol. The molecule has 0 saturated heterocycles. The minimum Gasteiger partial charge on any atom is -0.391 e. The van der Waals surface area contributed by atoms with Crippen molar-refractivity contribution in [3.8, 4) is 0 Å². The Labute approximate surface area is 64.8 Å². The third-order valence-corrected chi connectivity index (χ3v) is 1.28. The molecule has 11 heavy (non-hydrogen) atoms. The van der Waals surface area contributed by atoms with Crippen LogP contribution in [0.25, 0.3) is 0 Å². The lowest BCUT2D eigenvalue weighted by atomic mass is 10.2. The van der Waals surface area contributed by atoms with Crippen LogP contribution < -0.4 is 10.6 Å². The lowest BCUT2D eigenvalue weighted by molar-refractivity contribution is -0.128. The molecule has 0 aromatic heterocycles. The van der Waals surface area contributed by atoms with E-state index in [9.17, 15) is 9.59 Å². The standard InChI is InChI=1S/C6H12N2O3/c1-4(10)5(7-2)6(11)8-3-9/h3-5,7,10H,1-2H3,(H,8,9,11). The fraction of sp³-hybridized carbons (Fsp3) is 0.667. The van der Waals surface area contributed by atoms with Gasteiger partial charge in [0, 0.05) is 0 Å². The van der Waals surface area contributed by atoms with Gasteiger partial charge in [-0.3, -0.25) is 14.9 Å². The third kappa shape index (κ3) is 3.10. The van der Waals surface area contributed by atoms with Crippen LogP contribution in [0.5, 0.6) is 0 Å². The SMILES string of the molecule is CNC(C(=O)NC=O)C(C)O. The third-order valence-electron chi connectivity index (χ3n) is 1.28. The van der Waals surface area contributed by atoms with Crippen molar-refractivity contribution in [2.45, 2.75) is 19.1 Å². The molecule has 5 heteroatoms. The average molecular weight is 160 g/mol. The zero-order valence-electron chi connectivity index (χ0n) is 6.50. The second-order valence-corrected chi connectivity index (χ2v) is 2.13. The summed E-state index contributed by atoms with van der Waals surface area (Å²) in [6.45, 7) is 1.46. The van der Waals surface area contributed by atoms with E-state index in [1.54, 1.807) is 0 Å². The zero-order chi connectivity index (χ0) is 8.85. The van der Waals surface area contributed by atoms with Crippen LogP contribution in [-0.4, -0.2) is 36.6 Å². The number of likely N-dealkylation sites (N-methyl/N-ethyl adjacent to an activating group) is 1. The van der Waals surface area contributed by atoms with Gasteiger partial charge in [0.05, 0.1) is 6.10 Å². The van der Waals surface area contributed by atoms with Gasteiger partial charge in [0.25, 0.3) is 0 Å². The second kappa shape index (κ2) is 4.81. The number of aliphatic hydroxyl groups excluding tert-OH is 1. The summed E-state index contributed by atoms with van der Waals surface area (Å²) in [5, 5.41) is 13.5. The summed E-state index contributed by atoms with van der Waals surface area (Å²) in [7, 11) is 1.53. The number of aliphatic hydroxyl groups is 1. The molecule has 0 saturated carbocycles. The van der Waals surface area contributed by atoms with E-state index in [1.165, 1.54) is 14.0 Å². The molecule has 2 atom stereocenters. The van der Waals surface area contributed by atoms with Crippen LogP contribution in [0.4, 0.5) is 0 Å². The molecule has 3 N–H and O–H groups in total. The molecule has 0 spiro atoms. The number of hydrogen-bond acceptors (Lipinski definition) is 4. The molecule has 5 nitrogen and oxygen atoms in total. The summed E-state index contributed by atoms with van der Waals surface area (Å²) in [5.41, 5.74) is 0. The van der Waals surface area contributed by atoms with Gasteiger partial charge in [-0.25, -0.2) is 0 Å². The van der Waals surface area contributed by atoms with Crippen LogP contribution in [-0.2, 0) is 9.59 Å². The Balaban J connectivity index is 4.02. The van der Waals surface area contributed by atoms with Crippen LogP contribution in [0.3, 0.4) is 0 Å². The summed E-state index contributed by atoms with van der Waals surface area (Å²) in [6.07, 6.45) is -0.533. The first kappa shape index (κ1) is 10.1. The van der Waals surface area contributed by atoms with E-state index in [1.807, 2.05) is 5.32 Å². The van der Waals surface area contributed by atoms with Crippen LogP contribution in [0.2, 0.25) is 0 Å². The number of nitrogens with one attached hydrogen (secondary N) is 2. The highest BCUT2D eigenvalue weighted by molar-refractivity contribution is 5.90. The number of carbonyl (C=O) groups is 2. The van der Waals surface area contributed by atoms with Gasteiger partial charge in [-0.15, -0.1) is 0 Å². The van der Waals surface area contributed by atoms with Crippen molar-refractivity contribution >= 4 is 12.3 Å². The Bertz CT molecular complexity index is 147. The number of imide groups is 1. The summed E-state index contributed by atoms with van der Waals surface area (Å²) in [5.74, 6) is -0.530. The normalized spacial score (nSPS) is 15.2. The Morgan fingerprint density at radius 2 is 2.18 bits per heavy atom. The van der Waals surface area contributed by atoms with Crippen LogP contribution in [0.15, 0.2) is 0 Å².